The smallest absolute Gasteiger partial charge is 0.114 e. The average molecular weight is 162 g/mol. The summed E-state index contributed by atoms with van der Waals surface area (Å²) in [6.07, 6.45) is 13.3. The summed E-state index contributed by atoms with van der Waals surface area (Å²) in [5.41, 5.74) is 1.28. The Kier molecular flexibility index (Phi) is 3.39. The van der Waals surface area contributed by atoms with Crippen molar-refractivity contribution in [1.29, 1.82) is 0 Å². The number of allylic oxidation sites excluding steroid dienone is 7. The molecule has 0 heterocycles. The molecule has 0 aliphatic heterocycles. The molecular weight excluding hydrogens is 148 g/mol. The summed E-state index contributed by atoms with van der Waals surface area (Å²) in [6, 6.07) is 0. The van der Waals surface area contributed by atoms with E-state index in [0.717, 1.165) is 12.2 Å². The van der Waals surface area contributed by atoms with Gasteiger partial charge in [0.1, 0.15) is 5.76 Å². The molecule has 0 aromatic carbocycles. The minimum atomic E-state index is 0.921. The van der Waals surface area contributed by atoms with Crippen molar-refractivity contribution in [2.24, 2.45) is 0 Å². The summed E-state index contributed by atoms with van der Waals surface area (Å²) >= 11 is 0. The van der Waals surface area contributed by atoms with E-state index in [9.17, 15) is 0 Å². The second-order valence-corrected chi connectivity index (χ2v) is 2.61. The second-order valence-electron chi connectivity index (χ2n) is 2.61. The van der Waals surface area contributed by atoms with Gasteiger partial charge in [0, 0.05) is 0 Å². The van der Waals surface area contributed by atoms with Crippen LogP contribution in [0.1, 0.15) is 13.3 Å². The van der Waals surface area contributed by atoms with Gasteiger partial charge < -0.3 is 4.74 Å². The Morgan fingerprint density at radius 1 is 1.50 bits per heavy atom. The van der Waals surface area contributed by atoms with Gasteiger partial charge in [0.25, 0.3) is 0 Å². The normalized spacial score (nSPS) is 20.2. The van der Waals surface area contributed by atoms with Crippen molar-refractivity contribution in [3.8, 4) is 0 Å². The molecule has 0 atom stereocenters. The summed E-state index contributed by atoms with van der Waals surface area (Å²) in [4.78, 5) is 0. The Balaban J connectivity index is 2.68. The van der Waals surface area contributed by atoms with Crippen LogP contribution < -0.4 is 0 Å². The van der Waals surface area contributed by atoms with Gasteiger partial charge in [-0.3, -0.25) is 0 Å². The monoisotopic (exact) mass is 162 g/mol. The molecule has 64 valence electrons. The number of ether oxygens (including phenoxy) is 1. The lowest BCUT2D eigenvalue weighted by Gasteiger charge is -2.04. The summed E-state index contributed by atoms with van der Waals surface area (Å²) < 4.78 is 5.13. The van der Waals surface area contributed by atoms with Crippen molar-refractivity contribution in [2.75, 3.05) is 7.11 Å². The number of rotatable bonds is 2. The van der Waals surface area contributed by atoms with Crippen LogP contribution in [0.25, 0.3) is 0 Å². The van der Waals surface area contributed by atoms with Crippen LogP contribution >= 0.6 is 0 Å². The molecule has 0 unspecified atom stereocenters. The van der Waals surface area contributed by atoms with Crippen molar-refractivity contribution in [3.05, 3.63) is 47.8 Å². The van der Waals surface area contributed by atoms with Crippen LogP contribution in [0, 0.1) is 0 Å². The first kappa shape index (κ1) is 8.85. The maximum absolute atomic E-state index is 5.13. The Labute approximate surface area is 73.7 Å². The fraction of sp³-hybridized carbons (Fsp3) is 0.273. The Morgan fingerprint density at radius 3 is 2.83 bits per heavy atom. The molecule has 1 nitrogen and oxygen atoms in total. The maximum atomic E-state index is 5.13. The van der Waals surface area contributed by atoms with Crippen LogP contribution in [0.4, 0.5) is 0 Å². The Hall–Kier alpha value is -1.24. The van der Waals surface area contributed by atoms with Crippen LogP contribution in [0.15, 0.2) is 47.8 Å². The van der Waals surface area contributed by atoms with Crippen LogP contribution in [0.2, 0.25) is 0 Å². The second kappa shape index (κ2) is 4.60. The molecule has 0 saturated heterocycles. The fourth-order valence-corrected chi connectivity index (χ4v) is 1.08. The van der Waals surface area contributed by atoms with Gasteiger partial charge in [-0.25, -0.2) is 0 Å². The Bertz CT molecular complexity index is 254. The molecule has 0 spiro atoms. The van der Waals surface area contributed by atoms with Crippen LogP contribution in [-0.2, 0) is 4.74 Å². The maximum Gasteiger partial charge on any atom is 0.114 e. The van der Waals surface area contributed by atoms with Gasteiger partial charge in [-0.1, -0.05) is 24.3 Å². The number of hydrogen-bond donors (Lipinski definition) is 0. The van der Waals surface area contributed by atoms with Crippen molar-refractivity contribution in [1.82, 2.24) is 0 Å². The minimum Gasteiger partial charge on any atom is -0.497 e. The summed E-state index contributed by atoms with van der Waals surface area (Å²) in [5.74, 6) is 0.921. The van der Waals surface area contributed by atoms with E-state index in [0.29, 0.717) is 0 Å². The fourth-order valence-electron chi connectivity index (χ4n) is 1.08. The van der Waals surface area contributed by atoms with E-state index in [1.165, 1.54) is 5.57 Å². The van der Waals surface area contributed by atoms with E-state index in [1.807, 2.05) is 19.1 Å². The van der Waals surface area contributed by atoms with Crippen LogP contribution in [0.5, 0.6) is 0 Å². The molecule has 1 aliphatic rings. The Morgan fingerprint density at radius 2 is 2.33 bits per heavy atom. The minimum absolute atomic E-state index is 0.921. The lowest BCUT2D eigenvalue weighted by molar-refractivity contribution is 0.305. The zero-order valence-electron chi connectivity index (χ0n) is 7.58. The molecular formula is C11H14O. The molecule has 0 saturated carbocycles. The largest absolute Gasteiger partial charge is 0.497 e. The highest BCUT2D eigenvalue weighted by Gasteiger charge is 1.95. The lowest BCUT2D eigenvalue weighted by atomic mass is 10.1. The molecule has 0 radical (unpaired) electrons. The van der Waals surface area contributed by atoms with E-state index in [2.05, 4.69) is 24.3 Å². The third kappa shape index (κ3) is 2.42. The van der Waals surface area contributed by atoms with Crippen molar-refractivity contribution >= 4 is 0 Å². The van der Waals surface area contributed by atoms with E-state index in [1.54, 1.807) is 7.11 Å². The van der Waals surface area contributed by atoms with Gasteiger partial charge in [-0.2, -0.15) is 0 Å². The van der Waals surface area contributed by atoms with Crippen molar-refractivity contribution in [2.45, 2.75) is 13.3 Å². The van der Waals surface area contributed by atoms with Crippen molar-refractivity contribution in [3.63, 3.8) is 0 Å². The topological polar surface area (TPSA) is 9.23 Å². The van der Waals surface area contributed by atoms with Gasteiger partial charge in [-0.05, 0) is 31.1 Å². The van der Waals surface area contributed by atoms with E-state index < -0.39 is 0 Å². The highest BCUT2D eigenvalue weighted by molar-refractivity contribution is 5.33. The molecule has 0 aromatic rings. The first-order chi connectivity index (χ1) is 5.86. The zero-order valence-corrected chi connectivity index (χ0v) is 7.58. The standard InChI is InChI=1S/C11H14O/c1-3-11(12-2)9-10-7-5-4-6-8-10/h3-7,9H,8H2,1-2H3. The first-order valence-corrected chi connectivity index (χ1v) is 4.11. The highest BCUT2D eigenvalue weighted by atomic mass is 16.5. The molecule has 0 N–H and O–H groups in total. The summed E-state index contributed by atoms with van der Waals surface area (Å²) in [7, 11) is 1.69. The van der Waals surface area contributed by atoms with Gasteiger partial charge in [0.2, 0.25) is 0 Å². The molecule has 12 heavy (non-hydrogen) atoms. The molecule has 1 aliphatic carbocycles. The lowest BCUT2D eigenvalue weighted by Crippen LogP contribution is -1.86. The van der Waals surface area contributed by atoms with Crippen LogP contribution in [-0.4, -0.2) is 7.11 Å². The highest BCUT2D eigenvalue weighted by Crippen LogP contribution is 2.13. The van der Waals surface area contributed by atoms with Crippen LogP contribution in [0.3, 0.4) is 0 Å². The van der Waals surface area contributed by atoms with Gasteiger partial charge in [0.05, 0.1) is 7.11 Å². The predicted octanol–water partition coefficient (Wildman–Crippen LogP) is 2.98. The predicted molar refractivity (Wildman–Crippen MR) is 51.7 cm³/mol. The third-order valence-corrected chi connectivity index (χ3v) is 1.76. The van der Waals surface area contributed by atoms with E-state index in [4.69, 9.17) is 4.74 Å². The summed E-state index contributed by atoms with van der Waals surface area (Å²) in [6.45, 7) is 1.97. The molecule has 0 fully saturated rings. The molecule has 0 bridgehead atoms. The SMILES string of the molecule is CC=C(C=C1C=CC=CC1)OC. The third-order valence-electron chi connectivity index (χ3n) is 1.76. The van der Waals surface area contributed by atoms with Gasteiger partial charge in [0.15, 0.2) is 0 Å². The van der Waals surface area contributed by atoms with E-state index >= 15 is 0 Å². The van der Waals surface area contributed by atoms with E-state index in [-0.39, 0.29) is 0 Å². The molecule has 0 amide bonds. The summed E-state index contributed by atoms with van der Waals surface area (Å²) in [5, 5.41) is 0. The average Bonchev–Trinajstić information content (AvgIpc) is 2.16. The zero-order chi connectivity index (χ0) is 8.81. The molecule has 1 rings (SSSR count). The number of hydrogen-bond acceptors (Lipinski definition) is 1. The van der Waals surface area contributed by atoms with Gasteiger partial charge in [-0.15, -0.1) is 0 Å². The molecule has 1 heteroatoms. The number of methoxy groups -OCH3 is 1. The molecule has 0 aromatic heterocycles. The first-order valence-electron chi connectivity index (χ1n) is 4.11. The van der Waals surface area contributed by atoms with Gasteiger partial charge >= 0.3 is 0 Å². The van der Waals surface area contributed by atoms with Crippen molar-refractivity contribution < 1.29 is 4.74 Å². The quantitative estimate of drug-likeness (QED) is 0.567.